The number of anilines is 3. The van der Waals surface area contributed by atoms with Gasteiger partial charge in [-0.25, -0.2) is 0 Å². The van der Waals surface area contributed by atoms with E-state index in [-0.39, 0.29) is 5.41 Å². The van der Waals surface area contributed by atoms with E-state index in [0.29, 0.717) is 0 Å². The van der Waals surface area contributed by atoms with E-state index in [1.54, 1.807) is 0 Å². The predicted octanol–water partition coefficient (Wildman–Crippen LogP) is 13.4. The Bertz CT molecular complexity index is 2770. The predicted molar refractivity (Wildman–Crippen MR) is 216 cm³/mol. The number of aromatic nitrogens is 1. The molecule has 0 aliphatic heterocycles. The molecule has 2 nitrogen and oxygen atoms in total. The van der Waals surface area contributed by atoms with Gasteiger partial charge in [0.25, 0.3) is 0 Å². The summed E-state index contributed by atoms with van der Waals surface area (Å²) >= 11 is 0. The second-order valence-electron chi connectivity index (χ2n) is 14.1. The van der Waals surface area contributed by atoms with Gasteiger partial charge in [-0.05, 0) is 75.7 Å². The van der Waals surface area contributed by atoms with E-state index >= 15 is 0 Å². The molecule has 242 valence electrons. The number of hydrogen-bond acceptors (Lipinski definition) is 1. The summed E-state index contributed by atoms with van der Waals surface area (Å²) in [4.78, 5) is 2.51. The van der Waals surface area contributed by atoms with Gasteiger partial charge in [-0.1, -0.05) is 153 Å². The number of fused-ring (bicyclic) bond motifs is 8. The van der Waals surface area contributed by atoms with Crippen molar-refractivity contribution in [3.63, 3.8) is 0 Å². The van der Waals surface area contributed by atoms with E-state index < -0.39 is 0 Å². The van der Waals surface area contributed by atoms with E-state index in [1.807, 2.05) is 0 Å². The number of hydrogen-bond donors (Lipinski definition) is 0. The first kappa shape index (κ1) is 29.5. The third kappa shape index (κ3) is 4.43. The highest BCUT2D eigenvalue weighted by Crippen LogP contribution is 2.55. The first-order valence-electron chi connectivity index (χ1n) is 17.8. The Morgan fingerprint density at radius 3 is 1.84 bits per heavy atom. The summed E-state index contributed by atoms with van der Waals surface area (Å²) < 4.78 is 2.41. The SMILES string of the molecule is CC1(C)c2ccccc2-c2c1cc(N(c1ccc3c4ccccc4n(-c4ccccc4)c3c1)c1ccccc1-c1ccccc1)c1ccccc21. The highest BCUT2D eigenvalue weighted by Gasteiger charge is 2.37. The maximum Gasteiger partial charge on any atom is 0.0561 e. The Morgan fingerprint density at radius 1 is 0.431 bits per heavy atom. The van der Waals surface area contributed by atoms with Crippen LogP contribution in [0.4, 0.5) is 17.1 Å². The smallest absolute Gasteiger partial charge is 0.0561 e. The second kappa shape index (κ2) is 11.3. The largest absolute Gasteiger partial charge is 0.309 e. The van der Waals surface area contributed by atoms with Gasteiger partial charge in [0, 0.05) is 38.5 Å². The topological polar surface area (TPSA) is 8.17 Å². The van der Waals surface area contributed by atoms with Gasteiger partial charge in [-0.15, -0.1) is 0 Å². The zero-order valence-electron chi connectivity index (χ0n) is 28.7. The summed E-state index contributed by atoms with van der Waals surface area (Å²) in [5.41, 5.74) is 14.6. The zero-order chi connectivity index (χ0) is 34.1. The van der Waals surface area contributed by atoms with E-state index in [4.69, 9.17) is 0 Å². The third-order valence-electron chi connectivity index (χ3n) is 11.0. The Morgan fingerprint density at radius 2 is 1.04 bits per heavy atom. The van der Waals surface area contributed by atoms with Crippen molar-refractivity contribution in [2.45, 2.75) is 19.3 Å². The summed E-state index contributed by atoms with van der Waals surface area (Å²) in [6, 6.07) is 66.6. The van der Waals surface area contributed by atoms with Gasteiger partial charge in [0.1, 0.15) is 0 Å². The molecule has 0 N–H and O–H groups in total. The first-order chi connectivity index (χ1) is 25.1. The van der Waals surface area contributed by atoms with Gasteiger partial charge >= 0.3 is 0 Å². The van der Waals surface area contributed by atoms with Crippen LogP contribution in [0.1, 0.15) is 25.0 Å². The molecule has 0 amide bonds. The molecule has 51 heavy (non-hydrogen) atoms. The highest BCUT2D eigenvalue weighted by molar-refractivity contribution is 6.13. The van der Waals surface area contributed by atoms with Crippen LogP contribution in [0, 0.1) is 0 Å². The molecule has 1 aliphatic carbocycles. The zero-order valence-corrected chi connectivity index (χ0v) is 28.7. The van der Waals surface area contributed by atoms with Gasteiger partial charge in [0.2, 0.25) is 0 Å². The Balaban J connectivity index is 1.32. The molecule has 2 heteroatoms. The van der Waals surface area contributed by atoms with Gasteiger partial charge in [-0.3, -0.25) is 0 Å². The van der Waals surface area contributed by atoms with Crippen molar-refractivity contribution in [1.29, 1.82) is 0 Å². The molecule has 8 aromatic carbocycles. The van der Waals surface area contributed by atoms with Crippen LogP contribution in [-0.4, -0.2) is 4.57 Å². The summed E-state index contributed by atoms with van der Waals surface area (Å²) in [5, 5.41) is 5.01. The van der Waals surface area contributed by atoms with Crippen LogP contribution in [0.2, 0.25) is 0 Å². The minimum absolute atomic E-state index is 0.154. The molecule has 0 radical (unpaired) electrons. The van der Waals surface area contributed by atoms with Crippen molar-refractivity contribution in [3.8, 4) is 27.9 Å². The molecule has 0 unspecified atom stereocenters. The molecule has 0 bridgehead atoms. The summed E-state index contributed by atoms with van der Waals surface area (Å²) in [7, 11) is 0. The van der Waals surface area contributed by atoms with Crippen molar-refractivity contribution in [2.24, 2.45) is 0 Å². The molecule has 0 fully saturated rings. The number of nitrogens with zero attached hydrogens (tertiary/aromatic N) is 2. The van der Waals surface area contributed by atoms with Crippen molar-refractivity contribution in [2.75, 3.05) is 4.90 Å². The Hall–Kier alpha value is -6.38. The van der Waals surface area contributed by atoms with Gasteiger partial charge < -0.3 is 9.47 Å². The van der Waals surface area contributed by atoms with E-state index in [2.05, 4.69) is 205 Å². The van der Waals surface area contributed by atoms with Crippen molar-refractivity contribution in [1.82, 2.24) is 4.57 Å². The van der Waals surface area contributed by atoms with Gasteiger partial charge in [0.15, 0.2) is 0 Å². The number of para-hydroxylation sites is 3. The lowest BCUT2D eigenvalue weighted by Crippen LogP contribution is -2.17. The Kier molecular flexibility index (Phi) is 6.56. The van der Waals surface area contributed by atoms with Crippen LogP contribution in [-0.2, 0) is 5.41 Å². The van der Waals surface area contributed by atoms with E-state index in [1.165, 1.54) is 71.6 Å². The van der Waals surface area contributed by atoms with Crippen LogP contribution in [0.15, 0.2) is 182 Å². The quantitative estimate of drug-likeness (QED) is 0.180. The van der Waals surface area contributed by atoms with Gasteiger partial charge in [0.05, 0.1) is 22.4 Å². The molecule has 0 spiro atoms. The molecule has 0 atom stereocenters. The summed E-state index contributed by atoms with van der Waals surface area (Å²) in [6.45, 7) is 4.76. The second-order valence-corrected chi connectivity index (χ2v) is 14.1. The standard InChI is InChI=1S/C49H36N2/c1-49(2)42-26-14-11-25-41(42)48-40-24-10-9-23-38(40)47(32-43(48)49)51(44-27-15-12-21-36(44)33-17-5-3-6-18-33)35-29-30-39-37-22-13-16-28-45(37)50(46(39)31-35)34-19-7-4-8-20-34/h3-32H,1-2H3. The molecular formula is C49H36N2. The lowest BCUT2D eigenvalue weighted by atomic mass is 9.81. The van der Waals surface area contributed by atoms with Crippen LogP contribution < -0.4 is 4.90 Å². The van der Waals surface area contributed by atoms with Crippen molar-refractivity contribution < 1.29 is 0 Å². The third-order valence-corrected chi connectivity index (χ3v) is 11.0. The fraction of sp³-hybridized carbons (Fsp3) is 0.0612. The summed E-state index contributed by atoms with van der Waals surface area (Å²) in [6.07, 6.45) is 0. The monoisotopic (exact) mass is 652 g/mol. The van der Waals surface area contributed by atoms with Crippen LogP contribution in [0.25, 0.3) is 60.5 Å². The molecule has 1 heterocycles. The lowest BCUT2D eigenvalue weighted by Gasteiger charge is -2.31. The molecular weight excluding hydrogens is 617 g/mol. The maximum absolute atomic E-state index is 2.51. The normalized spacial score (nSPS) is 13.1. The average molecular weight is 653 g/mol. The minimum atomic E-state index is -0.154. The molecule has 1 aliphatic rings. The fourth-order valence-corrected chi connectivity index (χ4v) is 8.61. The minimum Gasteiger partial charge on any atom is -0.309 e. The van der Waals surface area contributed by atoms with E-state index in [9.17, 15) is 0 Å². The summed E-state index contributed by atoms with van der Waals surface area (Å²) in [5.74, 6) is 0. The molecule has 0 saturated heterocycles. The first-order valence-corrected chi connectivity index (χ1v) is 17.8. The maximum atomic E-state index is 2.51. The Labute approximate surface area is 298 Å². The van der Waals surface area contributed by atoms with Crippen LogP contribution in [0.5, 0.6) is 0 Å². The molecule has 10 rings (SSSR count). The number of rotatable bonds is 5. The van der Waals surface area contributed by atoms with Crippen molar-refractivity contribution >= 4 is 49.6 Å². The molecule has 0 saturated carbocycles. The molecule has 9 aromatic rings. The van der Waals surface area contributed by atoms with Crippen LogP contribution >= 0.6 is 0 Å². The number of benzene rings is 8. The van der Waals surface area contributed by atoms with E-state index in [0.717, 1.165) is 17.1 Å². The average Bonchev–Trinajstić information content (AvgIpc) is 3.64. The fourth-order valence-electron chi connectivity index (χ4n) is 8.61. The lowest BCUT2D eigenvalue weighted by molar-refractivity contribution is 0.661. The molecule has 1 aromatic heterocycles. The van der Waals surface area contributed by atoms with Crippen molar-refractivity contribution in [3.05, 3.63) is 193 Å². The highest BCUT2D eigenvalue weighted by atomic mass is 15.1. The van der Waals surface area contributed by atoms with Crippen LogP contribution in [0.3, 0.4) is 0 Å². The van der Waals surface area contributed by atoms with Gasteiger partial charge in [-0.2, -0.15) is 0 Å².